The molecule has 0 spiro atoms. The van der Waals surface area contributed by atoms with Crippen LogP contribution in [0.1, 0.15) is 20.8 Å². The molecule has 0 aromatic carbocycles. The zero-order valence-electron chi connectivity index (χ0n) is 8.73. The molecule has 0 aromatic heterocycles. The quantitative estimate of drug-likeness (QED) is 0.470. The van der Waals surface area contributed by atoms with Crippen molar-refractivity contribution in [3.63, 3.8) is 0 Å². The topological polar surface area (TPSA) is 87.7 Å². The lowest BCUT2D eigenvalue weighted by Gasteiger charge is -2.20. The second-order valence-electron chi connectivity index (χ2n) is 3.63. The number of alkyl carbamates (subject to hydrolysis) is 1. The second kappa shape index (κ2) is 5.55. The summed E-state index contributed by atoms with van der Waals surface area (Å²) in [7, 11) is 0. The van der Waals surface area contributed by atoms with Gasteiger partial charge >= 0.3 is 6.09 Å². The first-order chi connectivity index (χ1) is 6.76. The highest BCUT2D eigenvalue weighted by atomic mass is 32.1. The van der Waals surface area contributed by atoms with E-state index in [4.69, 9.17) is 15.5 Å². The molecule has 3 N–H and O–H groups in total. The van der Waals surface area contributed by atoms with Crippen LogP contribution < -0.4 is 10.0 Å². The highest BCUT2D eigenvalue weighted by Crippen LogP contribution is 2.06. The van der Waals surface area contributed by atoms with Gasteiger partial charge in [0.1, 0.15) is 5.60 Å². The molecule has 0 aromatic rings. The van der Waals surface area contributed by atoms with Crippen LogP contribution in [0.4, 0.5) is 4.79 Å². The monoisotopic (exact) mass is 234 g/mol. The van der Waals surface area contributed by atoms with Crippen LogP contribution in [0.5, 0.6) is 0 Å². The molecule has 0 bridgehead atoms. The summed E-state index contributed by atoms with van der Waals surface area (Å²) in [6.07, 6.45) is -2.57. The Bertz CT molecular complexity index is 292. The van der Waals surface area contributed by atoms with Gasteiger partial charge in [0.25, 0.3) is 5.91 Å². The Kier molecular flexibility index (Phi) is 5.07. The minimum absolute atomic E-state index is 0.527. The van der Waals surface area contributed by atoms with Crippen molar-refractivity contribution in [2.24, 2.45) is 0 Å². The fourth-order valence-electron chi connectivity index (χ4n) is 0.599. The van der Waals surface area contributed by atoms with E-state index in [9.17, 15) is 9.59 Å². The molecule has 0 rings (SSSR count). The Morgan fingerprint density at radius 3 is 2.40 bits per heavy atom. The number of ether oxygens (including phenoxy) is 1. The fourth-order valence-corrected chi connectivity index (χ4v) is 0.826. The van der Waals surface area contributed by atoms with Gasteiger partial charge in [-0.05, 0) is 32.1 Å². The van der Waals surface area contributed by atoms with Crippen LogP contribution in [0.15, 0.2) is 0 Å². The van der Waals surface area contributed by atoms with Crippen LogP contribution in [0.2, 0.25) is 0 Å². The summed E-state index contributed by atoms with van der Waals surface area (Å²) in [5.74, 6) is -0.826. The van der Waals surface area contributed by atoms with Crippen LogP contribution in [0.3, 0.4) is 0 Å². The lowest BCUT2D eigenvalue weighted by atomic mass is 10.2. The molecule has 0 unspecified atom stereocenters. The van der Waals surface area contributed by atoms with Gasteiger partial charge in [0.2, 0.25) is 6.23 Å². The Morgan fingerprint density at radius 1 is 1.47 bits per heavy atom. The Morgan fingerprint density at radius 2 is 2.00 bits per heavy atom. The third-order valence-corrected chi connectivity index (χ3v) is 1.38. The summed E-state index contributed by atoms with van der Waals surface area (Å²) in [6.45, 7) is 4.98. The van der Waals surface area contributed by atoms with E-state index >= 15 is 0 Å². The van der Waals surface area contributed by atoms with E-state index in [1.54, 1.807) is 20.8 Å². The van der Waals surface area contributed by atoms with Gasteiger partial charge in [-0.3, -0.25) is 14.8 Å². The number of hydrogen-bond donors (Lipinski definition) is 3. The number of amides is 2. The van der Waals surface area contributed by atoms with Crippen molar-refractivity contribution in [1.29, 1.82) is 0 Å². The average Bonchev–Trinajstić information content (AvgIpc) is 2.00. The van der Waals surface area contributed by atoms with Crippen molar-refractivity contribution in [2.45, 2.75) is 32.6 Å². The molecule has 15 heavy (non-hydrogen) atoms. The van der Waals surface area contributed by atoms with Crippen molar-refractivity contribution >= 4 is 23.4 Å². The molecule has 0 aliphatic rings. The van der Waals surface area contributed by atoms with Gasteiger partial charge in [0.15, 0.2) is 0 Å². The largest absolute Gasteiger partial charge is 0.444 e. The van der Waals surface area contributed by atoms with Crippen LogP contribution in [-0.4, -0.2) is 28.9 Å². The van der Waals surface area contributed by atoms with Crippen molar-refractivity contribution in [1.82, 2.24) is 10.0 Å². The van der Waals surface area contributed by atoms with Crippen LogP contribution >= 0.6 is 11.4 Å². The van der Waals surface area contributed by atoms with Gasteiger partial charge in [-0.25, -0.2) is 4.79 Å². The summed E-state index contributed by atoms with van der Waals surface area (Å²) in [4.78, 5) is 22.0. The normalized spacial score (nSPS) is 12.5. The van der Waals surface area contributed by atoms with Gasteiger partial charge in [-0.15, -0.1) is 0 Å². The minimum Gasteiger partial charge on any atom is -0.444 e. The Labute approximate surface area is 91.7 Å². The number of hydrogen-bond acceptors (Lipinski definition) is 4. The summed E-state index contributed by atoms with van der Waals surface area (Å²) in [6, 6.07) is 0. The van der Waals surface area contributed by atoms with Gasteiger partial charge in [0, 0.05) is 0 Å². The van der Waals surface area contributed by atoms with Gasteiger partial charge < -0.3 is 9.84 Å². The number of aliphatic hydroxyl groups excluding tert-OH is 1. The highest BCUT2D eigenvalue weighted by molar-refractivity contribution is 7.86. The molecule has 86 valence electrons. The predicted molar refractivity (Wildman–Crippen MR) is 56.1 cm³/mol. The van der Waals surface area contributed by atoms with Crippen LogP contribution in [0.25, 0.3) is 0 Å². The van der Waals surface area contributed by atoms with E-state index < -0.39 is 23.8 Å². The third kappa shape index (κ3) is 6.73. The van der Waals surface area contributed by atoms with E-state index in [1.165, 1.54) is 0 Å². The van der Waals surface area contributed by atoms with Crippen LogP contribution in [0, 0.1) is 5.69 Å². The van der Waals surface area contributed by atoms with Crippen molar-refractivity contribution in [3.05, 3.63) is 0 Å². The average molecular weight is 234 g/mol. The Hall–Kier alpha value is -1.30. The molecular formula is C8H14N2O4S. The van der Waals surface area contributed by atoms with Gasteiger partial charge in [-0.1, -0.05) is 5.69 Å². The number of aliphatic hydroxyl groups is 1. The molecule has 0 radical (unpaired) electrons. The molecule has 6 nitrogen and oxygen atoms in total. The first-order valence-corrected chi connectivity index (χ1v) is 4.97. The molecular weight excluding hydrogens is 220 g/mol. The SMILES string of the molecule is C#SNC(=O)[C@H](O)NC(=O)OC(C)(C)C. The summed E-state index contributed by atoms with van der Waals surface area (Å²) < 4.78 is 6.86. The summed E-state index contributed by atoms with van der Waals surface area (Å²) in [5.41, 5.74) is 4.24. The number of rotatable bonds is 2. The molecule has 1 atom stereocenters. The molecule has 7 heteroatoms. The minimum atomic E-state index is -1.68. The number of carbonyl (C=O) groups excluding carboxylic acids is 2. The predicted octanol–water partition coefficient (Wildman–Crippen LogP) is 0.183. The molecule has 0 aliphatic carbocycles. The maximum Gasteiger partial charge on any atom is 0.410 e. The number of nitrogens with one attached hydrogen (secondary N) is 2. The first-order valence-electron chi connectivity index (χ1n) is 4.09. The van der Waals surface area contributed by atoms with Crippen molar-refractivity contribution in [3.8, 4) is 5.69 Å². The smallest absolute Gasteiger partial charge is 0.410 e. The van der Waals surface area contributed by atoms with Gasteiger partial charge in [-0.2, -0.15) is 0 Å². The van der Waals surface area contributed by atoms with E-state index in [2.05, 4.69) is 0 Å². The number of carbonyl (C=O) groups is 2. The highest BCUT2D eigenvalue weighted by Gasteiger charge is 2.21. The van der Waals surface area contributed by atoms with Gasteiger partial charge in [0.05, 0.1) is 0 Å². The molecule has 0 saturated heterocycles. The van der Waals surface area contributed by atoms with E-state index in [0.717, 1.165) is 0 Å². The van der Waals surface area contributed by atoms with E-state index in [1.807, 2.05) is 10.0 Å². The molecule has 0 aliphatic heterocycles. The van der Waals surface area contributed by atoms with Crippen molar-refractivity contribution in [2.75, 3.05) is 0 Å². The second-order valence-corrected chi connectivity index (χ2v) is 4.07. The lowest BCUT2D eigenvalue weighted by molar-refractivity contribution is -0.128. The van der Waals surface area contributed by atoms with Crippen molar-refractivity contribution < 1.29 is 19.4 Å². The zero-order chi connectivity index (χ0) is 12.1. The maximum absolute atomic E-state index is 11.1. The molecule has 0 fully saturated rings. The van der Waals surface area contributed by atoms with E-state index in [-0.39, 0.29) is 0 Å². The fraction of sp³-hybridized carbons (Fsp3) is 0.625. The maximum atomic E-state index is 11.1. The van der Waals surface area contributed by atoms with E-state index in [0.29, 0.717) is 11.4 Å². The summed E-state index contributed by atoms with van der Waals surface area (Å²) >= 11 is 0.527. The summed E-state index contributed by atoms with van der Waals surface area (Å²) in [5, 5.41) is 11.1. The third-order valence-electron chi connectivity index (χ3n) is 1.06. The molecule has 2 amide bonds. The molecule has 0 saturated carbocycles. The zero-order valence-corrected chi connectivity index (χ0v) is 9.55. The lowest BCUT2D eigenvalue weighted by Crippen LogP contribution is -2.46. The van der Waals surface area contributed by atoms with Crippen LogP contribution in [-0.2, 0) is 9.53 Å². The first kappa shape index (κ1) is 13.7. The molecule has 0 heterocycles. The standard InChI is InChI=1S/C8H14N2O4S/c1-8(2,3)14-7(13)9-5(11)6(12)10-15-4/h4-5,11H,1-3H3,(H,9,13)(H,10,12)/t5-/m0/s1. The Balaban J connectivity index is 4.09.